The largest absolute Gasteiger partial charge is 0.347 e. The fourth-order valence-corrected chi connectivity index (χ4v) is 5.17. The smallest absolute Gasteiger partial charge is 0.264 e. The molecular weight excluding hydrogens is 474 g/mol. The van der Waals surface area contributed by atoms with Crippen molar-refractivity contribution in [2.75, 3.05) is 16.2 Å². The zero-order valence-corrected chi connectivity index (χ0v) is 22.4. The van der Waals surface area contributed by atoms with Gasteiger partial charge in [-0.25, -0.2) is 8.42 Å². The average molecular weight is 508 g/mol. The molecule has 0 aliphatic carbocycles. The minimum Gasteiger partial charge on any atom is -0.347 e. The fourth-order valence-electron chi connectivity index (χ4n) is 3.77. The Morgan fingerprint density at radius 1 is 0.833 bits per heavy atom. The molecule has 2 N–H and O–H groups in total. The second kappa shape index (κ2) is 10.5. The second-order valence-corrected chi connectivity index (χ2v) is 11.8. The Bertz CT molecular complexity index is 1350. The van der Waals surface area contributed by atoms with Crippen molar-refractivity contribution in [3.05, 3.63) is 89.0 Å². The van der Waals surface area contributed by atoms with Gasteiger partial charge in [0.15, 0.2) is 0 Å². The van der Waals surface area contributed by atoms with E-state index in [-0.39, 0.29) is 10.8 Å². The van der Waals surface area contributed by atoms with E-state index in [4.69, 9.17) is 0 Å². The molecule has 7 nitrogen and oxygen atoms in total. The van der Waals surface area contributed by atoms with Crippen LogP contribution in [0, 0.1) is 20.8 Å². The van der Waals surface area contributed by atoms with Crippen molar-refractivity contribution in [3.63, 3.8) is 0 Å². The van der Waals surface area contributed by atoms with Crippen molar-refractivity contribution >= 4 is 33.2 Å². The lowest BCUT2D eigenvalue weighted by Crippen LogP contribution is -2.41. The molecule has 3 rings (SSSR count). The SMILES string of the molecule is Cc1ccc(S(=O)(=O)N(CC(=O)Nc2ccccc2C(=O)NC(C)(C)C)c2cc(C)cc(C)c2)cc1. The molecule has 0 aliphatic heterocycles. The van der Waals surface area contributed by atoms with E-state index in [1.807, 2.05) is 47.6 Å². The Labute approximate surface area is 213 Å². The van der Waals surface area contributed by atoms with Gasteiger partial charge in [0, 0.05) is 5.54 Å². The summed E-state index contributed by atoms with van der Waals surface area (Å²) in [4.78, 5) is 26.1. The maximum absolute atomic E-state index is 13.7. The molecule has 0 saturated carbocycles. The molecule has 8 heteroatoms. The van der Waals surface area contributed by atoms with Gasteiger partial charge in [0.2, 0.25) is 5.91 Å². The van der Waals surface area contributed by atoms with Crippen molar-refractivity contribution in [2.24, 2.45) is 0 Å². The van der Waals surface area contributed by atoms with E-state index >= 15 is 0 Å². The summed E-state index contributed by atoms with van der Waals surface area (Å²) in [7, 11) is -4.05. The van der Waals surface area contributed by atoms with Gasteiger partial charge in [0.1, 0.15) is 6.54 Å². The highest BCUT2D eigenvalue weighted by Gasteiger charge is 2.28. The van der Waals surface area contributed by atoms with E-state index in [1.165, 1.54) is 12.1 Å². The molecule has 0 atom stereocenters. The van der Waals surface area contributed by atoms with Crippen LogP contribution in [-0.4, -0.2) is 32.3 Å². The van der Waals surface area contributed by atoms with Gasteiger partial charge in [-0.05, 0) is 89.1 Å². The highest BCUT2D eigenvalue weighted by atomic mass is 32.2. The third-order valence-electron chi connectivity index (χ3n) is 5.32. The standard InChI is InChI=1S/C28H33N3O4S/c1-19-11-13-23(14-12-19)36(34,35)31(22-16-20(2)15-21(3)17-22)18-26(32)29-25-10-8-7-9-24(25)27(33)30-28(4,5)6/h7-17H,18H2,1-6H3,(H,29,32)(H,30,33). The van der Waals surface area contributed by atoms with Crippen LogP contribution in [-0.2, 0) is 14.8 Å². The Hall–Kier alpha value is -3.65. The number of benzene rings is 3. The molecule has 0 bridgehead atoms. The van der Waals surface area contributed by atoms with Gasteiger partial charge in [-0.1, -0.05) is 35.9 Å². The predicted octanol–water partition coefficient (Wildman–Crippen LogP) is 4.97. The van der Waals surface area contributed by atoms with Crippen LogP contribution in [0.5, 0.6) is 0 Å². The number of carbonyl (C=O) groups is 2. The molecule has 3 aromatic carbocycles. The molecule has 0 spiro atoms. The highest BCUT2D eigenvalue weighted by molar-refractivity contribution is 7.92. The quantitative estimate of drug-likeness (QED) is 0.472. The molecule has 0 fully saturated rings. The van der Waals surface area contributed by atoms with Gasteiger partial charge in [-0.15, -0.1) is 0 Å². The van der Waals surface area contributed by atoms with Crippen LogP contribution in [0.2, 0.25) is 0 Å². The molecule has 0 heterocycles. The lowest BCUT2D eigenvalue weighted by Gasteiger charge is -2.25. The molecule has 0 aliphatic rings. The third-order valence-corrected chi connectivity index (χ3v) is 7.11. The van der Waals surface area contributed by atoms with E-state index in [0.717, 1.165) is 21.0 Å². The number of hydrogen-bond acceptors (Lipinski definition) is 4. The molecule has 190 valence electrons. The van der Waals surface area contributed by atoms with Gasteiger partial charge < -0.3 is 10.6 Å². The molecule has 0 unspecified atom stereocenters. The summed E-state index contributed by atoms with van der Waals surface area (Å²) in [5, 5.41) is 5.62. The number of sulfonamides is 1. The summed E-state index contributed by atoms with van der Waals surface area (Å²) < 4.78 is 28.4. The first-order valence-electron chi connectivity index (χ1n) is 11.7. The zero-order valence-electron chi connectivity index (χ0n) is 21.5. The van der Waals surface area contributed by atoms with Crippen molar-refractivity contribution in [2.45, 2.75) is 52.0 Å². The van der Waals surface area contributed by atoms with Crippen LogP contribution in [0.4, 0.5) is 11.4 Å². The average Bonchev–Trinajstić information content (AvgIpc) is 2.76. The Morgan fingerprint density at radius 3 is 2.00 bits per heavy atom. The van der Waals surface area contributed by atoms with E-state index in [2.05, 4.69) is 10.6 Å². The van der Waals surface area contributed by atoms with Crippen LogP contribution >= 0.6 is 0 Å². The highest BCUT2D eigenvalue weighted by Crippen LogP contribution is 2.26. The number of hydrogen-bond donors (Lipinski definition) is 2. The van der Waals surface area contributed by atoms with E-state index in [1.54, 1.807) is 48.5 Å². The molecule has 0 aromatic heterocycles. The molecule has 0 radical (unpaired) electrons. The maximum atomic E-state index is 13.7. The van der Waals surface area contributed by atoms with Crippen molar-refractivity contribution in [3.8, 4) is 0 Å². The summed E-state index contributed by atoms with van der Waals surface area (Å²) in [6.45, 7) is 10.7. The first-order chi connectivity index (χ1) is 16.8. The molecular formula is C28H33N3O4S. The number of nitrogens with one attached hydrogen (secondary N) is 2. The number of para-hydroxylation sites is 1. The van der Waals surface area contributed by atoms with Crippen LogP contribution < -0.4 is 14.9 Å². The van der Waals surface area contributed by atoms with Crippen molar-refractivity contribution in [1.29, 1.82) is 0 Å². The zero-order chi connectivity index (χ0) is 26.7. The van der Waals surface area contributed by atoms with Gasteiger partial charge >= 0.3 is 0 Å². The number of aryl methyl sites for hydroxylation is 3. The number of carbonyl (C=O) groups excluding carboxylic acids is 2. The maximum Gasteiger partial charge on any atom is 0.264 e. The van der Waals surface area contributed by atoms with E-state index < -0.39 is 28.0 Å². The number of rotatable bonds is 7. The van der Waals surface area contributed by atoms with Crippen molar-refractivity contribution < 1.29 is 18.0 Å². The van der Waals surface area contributed by atoms with Gasteiger partial charge in [-0.2, -0.15) is 0 Å². The second-order valence-electron chi connectivity index (χ2n) is 9.97. The Kier molecular flexibility index (Phi) is 7.89. The minimum atomic E-state index is -4.05. The number of nitrogens with zero attached hydrogens (tertiary/aromatic N) is 1. The van der Waals surface area contributed by atoms with Crippen LogP contribution in [0.1, 0.15) is 47.8 Å². The number of amides is 2. The molecule has 3 aromatic rings. The van der Waals surface area contributed by atoms with Gasteiger partial charge in [0.25, 0.3) is 15.9 Å². The van der Waals surface area contributed by atoms with Crippen LogP contribution in [0.25, 0.3) is 0 Å². The van der Waals surface area contributed by atoms with Crippen LogP contribution in [0.3, 0.4) is 0 Å². The summed E-state index contributed by atoms with van der Waals surface area (Å²) in [6, 6.07) is 18.5. The molecule has 36 heavy (non-hydrogen) atoms. The summed E-state index contributed by atoms with van der Waals surface area (Å²) in [5.41, 5.74) is 3.20. The van der Waals surface area contributed by atoms with Gasteiger partial charge in [0.05, 0.1) is 21.8 Å². The normalized spacial score (nSPS) is 11.6. The summed E-state index contributed by atoms with van der Waals surface area (Å²) in [5.74, 6) is -0.905. The molecule has 0 saturated heterocycles. The van der Waals surface area contributed by atoms with Crippen LogP contribution in [0.15, 0.2) is 71.6 Å². The third kappa shape index (κ3) is 6.73. The first kappa shape index (κ1) is 26.9. The van der Waals surface area contributed by atoms with E-state index in [9.17, 15) is 18.0 Å². The molecule has 2 amide bonds. The van der Waals surface area contributed by atoms with Crippen molar-refractivity contribution in [1.82, 2.24) is 5.32 Å². The first-order valence-corrected chi connectivity index (χ1v) is 13.1. The lowest BCUT2D eigenvalue weighted by molar-refractivity contribution is -0.114. The monoisotopic (exact) mass is 507 g/mol. The lowest BCUT2D eigenvalue weighted by atomic mass is 10.1. The summed E-state index contributed by atoms with van der Waals surface area (Å²) in [6.07, 6.45) is 0. The predicted molar refractivity (Wildman–Crippen MR) is 144 cm³/mol. The number of anilines is 2. The minimum absolute atomic E-state index is 0.0880. The fraction of sp³-hybridized carbons (Fsp3) is 0.286. The Balaban J connectivity index is 1.96. The Morgan fingerprint density at radius 2 is 1.42 bits per heavy atom. The topological polar surface area (TPSA) is 95.6 Å². The summed E-state index contributed by atoms with van der Waals surface area (Å²) >= 11 is 0. The van der Waals surface area contributed by atoms with E-state index in [0.29, 0.717) is 16.9 Å². The van der Waals surface area contributed by atoms with Gasteiger partial charge in [-0.3, -0.25) is 13.9 Å².